The summed E-state index contributed by atoms with van der Waals surface area (Å²) in [6.45, 7) is 2.96. The molecule has 1 unspecified atom stereocenters. The molecule has 1 aromatic rings. The topological polar surface area (TPSA) is 41.6 Å². The molecule has 1 N–H and O–H groups in total. The zero-order valence-corrected chi connectivity index (χ0v) is 11.7. The van der Waals surface area contributed by atoms with E-state index in [-0.39, 0.29) is 11.2 Å². The van der Waals surface area contributed by atoms with Gasteiger partial charge >= 0.3 is 5.97 Å². The average molecular weight is 266 g/mol. The van der Waals surface area contributed by atoms with E-state index >= 15 is 0 Å². The van der Waals surface area contributed by atoms with E-state index < -0.39 is 0 Å². The zero-order chi connectivity index (χ0) is 13.1. The van der Waals surface area contributed by atoms with Gasteiger partial charge in [-0.1, -0.05) is 0 Å². The molecule has 5 heteroatoms. The first-order chi connectivity index (χ1) is 8.65. The van der Waals surface area contributed by atoms with Crippen LogP contribution in [0.2, 0.25) is 0 Å². The maximum absolute atomic E-state index is 11.8. The van der Waals surface area contributed by atoms with Gasteiger partial charge in [0, 0.05) is 31.2 Å². The van der Waals surface area contributed by atoms with E-state index in [1.54, 1.807) is 11.8 Å². The molecule has 1 atom stereocenters. The molecule has 0 saturated carbocycles. The van der Waals surface area contributed by atoms with Gasteiger partial charge in [0.1, 0.15) is 5.25 Å². The molecule has 0 aromatic heterocycles. The third-order valence-electron chi connectivity index (χ3n) is 2.92. The number of anilines is 2. The molecule has 0 saturated heterocycles. The van der Waals surface area contributed by atoms with Crippen molar-refractivity contribution in [2.45, 2.75) is 17.1 Å². The van der Waals surface area contributed by atoms with Gasteiger partial charge in [-0.05, 0) is 25.1 Å². The molecule has 1 aliphatic rings. The summed E-state index contributed by atoms with van der Waals surface area (Å²) in [5.41, 5.74) is 2.24. The summed E-state index contributed by atoms with van der Waals surface area (Å²) in [6, 6.07) is 6.17. The summed E-state index contributed by atoms with van der Waals surface area (Å²) in [6.07, 6.45) is 0. The molecular weight excluding hydrogens is 248 g/mol. The Hall–Kier alpha value is -1.36. The van der Waals surface area contributed by atoms with E-state index in [1.165, 1.54) is 0 Å². The van der Waals surface area contributed by atoms with Gasteiger partial charge in [0.05, 0.1) is 12.3 Å². The molecule has 0 radical (unpaired) electrons. The minimum absolute atomic E-state index is 0.127. The zero-order valence-electron chi connectivity index (χ0n) is 10.9. The fourth-order valence-electron chi connectivity index (χ4n) is 1.97. The minimum Gasteiger partial charge on any atom is -0.465 e. The van der Waals surface area contributed by atoms with Crippen LogP contribution in [-0.4, -0.2) is 38.5 Å². The van der Waals surface area contributed by atoms with E-state index in [9.17, 15) is 4.79 Å². The third-order valence-corrected chi connectivity index (χ3v) is 4.14. The van der Waals surface area contributed by atoms with Crippen molar-refractivity contribution < 1.29 is 9.53 Å². The fraction of sp³-hybridized carbons (Fsp3) is 0.462. The van der Waals surface area contributed by atoms with Crippen LogP contribution in [-0.2, 0) is 9.53 Å². The Kier molecular flexibility index (Phi) is 4.01. The number of hydrogen-bond donors (Lipinski definition) is 1. The van der Waals surface area contributed by atoms with Crippen molar-refractivity contribution in [2.75, 3.05) is 37.5 Å². The van der Waals surface area contributed by atoms with Crippen LogP contribution in [0.1, 0.15) is 6.92 Å². The Labute approximate surface area is 112 Å². The van der Waals surface area contributed by atoms with Crippen LogP contribution in [0.5, 0.6) is 0 Å². The van der Waals surface area contributed by atoms with Gasteiger partial charge in [-0.3, -0.25) is 4.79 Å². The SMILES string of the molecule is CCOC(=O)C1CN(C)c2cc(NC)ccc2S1. The Balaban J connectivity index is 2.21. The normalized spacial score (nSPS) is 18.2. The predicted molar refractivity (Wildman–Crippen MR) is 75.5 cm³/mol. The molecule has 1 aromatic carbocycles. The summed E-state index contributed by atoms with van der Waals surface area (Å²) in [5.74, 6) is -0.127. The highest BCUT2D eigenvalue weighted by Crippen LogP contribution is 2.39. The van der Waals surface area contributed by atoms with Gasteiger partial charge in [0.2, 0.25) is 0 Å². The quantitative estimate of drug-likeness (QED) is 0.850. The number of nitrogens with zero attached hydrogens (tertiary/aromatic N) is 1. The van der Waals surface area contributed by atoms with Crippen LogP contribution in [0.4, 0.5) is 11.4 Å². The van der Waals surface area contributed by atoms with Crippen molar-refractivity contribution in [3.8, 4) is 0 Å². The van der Waals surface area contributed by atoms with Gasteiger partial charge in [0.25, 0.3) is 0 Å². The van der Waals surface area contributed by atoms with Gasteiger partial charge < -0.3 is 15.0 Å². The predicted octanol–water partition coefficient (Wildman–Crippen LogP) is 2.20. The van der Waals surface area contributed by atoms with Crippen LogP contribution in [0.25, 0.3) is 0 Å². The fourth-order valence-corrected chi connectivity index (χ4v) is 3.22. The number of ether oxygens (including phenoxy) is 1. The first-order valence-corrected chi connectivity index (χ1v) is 6.90. The number of rotatable bonds is 3. The molecule has 98 valence electrons. The average Bonchev–Trinajstić information content (AvgIpc) is 2.38. The molecular formula is C13H18N2O2S. The smallest absolute Gasteiger partial charge is 0.321 e. The van der Waals surface area contributed by atoms with E-state index in [1.807, 2.05) is 33.2 Å². The second-order valence-corrected chi connectivity index (χ2v) is 5.42. The molecule has 0 amide bonds. The van der Waals surface area contributed by atoms with Crippen LogP contribution >= 0.6 is 11.8 Å². The lowest BCUT2D eigenvalue weighted by molar-refractivity contribution is -0.142. The van der Waals surface area contributed by atoms with Crippen molar-refractivity contribution in [1.82, 2.24) is 0 Å². The Morgan fingerprint density at radius 2 is 2.39 bits per heavy atom. The summed E-state index contributed by atoms with van der Waals surface area (Å²) in [4.78, 5) is 15.0. The number of fused-ring (bicyclic) bond motifs is 1. The van der Waals surface area contributed by atoms with Crippen LogP contribution in [0.15, 0.2) is 23.1 Å². The Morgan fingerprint density at radius 3 is 3.06 bits per heavy atom. The van der Waals surface area contributed by atoms with E-state index in [0.717, 1.165) is 16.3 Å². The van der Waals surface area contributed by atoms with Crippen LogP contribution in [0.3, 0.4) is 0 Å². The van der Waals surface area contributed by atoms with Crippen molar-refractivity contribution in [1.29, 1.82) is 0 Å². The highest BCUT2D eigenvalue weighted by Gasteiger charge is 2.29. The lowest BCUT2D eigenvalue weighted by Crippen LogP contribution is -2.37. The highest BCUT2D eigenvalue weighted by molar-refractivity contribution is 8.00. The van der Waals surface area contributed by atoms with E-state index in [4.69, 9.17) is 4.74 Å². The van der Waals surface area contributed by atoms with Crippen molar-refractivity contribution in [2.24, 2.45) is 0 Å². The lowest BCUT2D eigenvalue weighted by atomic mass is 10.2. The van der Waals surface area contributed by atoms with Crippen molar-refractivity contribution >= 4 is 29.1 Å². The largest absolute Gasteiger partial charge is 0.465 e. The lowest BCUT2D eigenvalue weighted by Gasteiger charge is -2.32. The van der Waals surface area contributed by atoms with Crippen molar-refractivity contribution in [3.05, 3.63) is 18.2 Å². The number of esters is 1. The molecule has 4 nitrogen and oxygen atoms in total. The Morgan fingerprint density at radius 1 is 1.61 bits per heavy atom. The molecule has 18 heavy (non-hydrogen) atoms. The van der Waals surface area contributed by atoms with Gasteiger partial charge in [-0.25, -0.2) is 0 Å². The maximum Gasteiger partial charge on any atom is 0.321 e. The summed E-state index contributed by atoms with van der Waals surface area (Å²) < 4.78 is 5.09. The van der Waals surface area contributed by atoms with Gasteiger partial charge in [-0.15, -0.1) is 11.8 Å². The molecule has 0 bridgehead atoms. The molecule has 2 rings (SSSR count). The monoisotopic (exact) mass is 266 g/mol. The standard InChI is InChI=1S/C13H18N2O2S/c1-4-17-13(16)12-8-15(3)10-7-9(14-2)5-6-11(10)18-12/h5-7,12,14H,4,8H2,1-3H3. The number of benzene rings is 1. The second kappa shape index (κ2) is 5.52. The number of hydrogen-bond acceptors (Lipinski definition) is 5. The summed E-state index contributed by atoms with van der Waals surface area (Å²) in [5, 5.41) is 2.99. The molecule has 1 aliphatic heterocycles. The first-order valence-electron chi connectivity index (χ1n) is 6.02. The van der Waals surface area contributed by atoms with E-state index in [0.29, 0.717) is 13.2 Å². The number of thioether (sulfide) groups is 1. The number of nitrogens with one attached hydrogen (secondary N) is 1. The highest BCUT2D eigenvalue weighted by atomic mass is 32.2. The minimum atomic E-state index is -0.136. The van der Waals surface area contributed by atoms with Gasteiger partial charge in [0.15, 0.2) is 0 Å². The number of carbonyl (C=O) groups is 1. The second-order valence-electron chi connectivity index (χ2n) is 4.17. The summed E-state index contributed by atoms with van der Waals surface area (Å²) in [7, 11) is 3.91. The Bertz CT molecular complexity index is 451. The van der Waals surface area contributed by atoms with Crippen LogP contribution in [0, 0.1) is 0 Å². The van der Waals surface area contributed by atoms with Crippen LogP contribution < -0.4 is 10.2 Å². The van der Waals surface area contributed by atoms with E-state index in [2.05, 4.69) is 16.3 Å². The molecule has 0 spiro atoms. The summed E-state index contributed by atoms with van der Waals surface area (Å²) >= 11 is 1.58. The maximum atomic E-state index is 11.8. The molecule has 0 aliphatic carbocycles. The molecule has 0 fully saturated rings. The molecule has 1 heterocycles. The van der Waals surface area contributed by atoms with Gasteiger partial charge in [-0.2, -0.15) is 0 Å². The third kappa shape index (κ3) is 2.56. The van der Waals surface area contributed by atoms with Crippen molar-refractivity contribution in [3.63, 3.8) is 0 Å². The number of carbonyl (C=O) groups excluding carboxylic acids is 1. The first kappa shape index (κ1) is 13.1.